The molecule has 0 bridgehead atoms. The van der Waals surface area contributed by atoms with Crippen LogP contribution in [0.25, 0.3) is 0 Å². The first-order valence-corrected chi connectivity index (χ1v) is 9.76. The van der Waals surface area contributed by atoms with E-state index in [-0.39, 0.29) is 5.91 Å². The molecule has 0 unspecified atom stereocenters. The van der Waals surface area contributed by atoms with E-state index in [0.29, 0.717) is 17.8 Å². The topological polar surface area (TPSA) is 84.5 Å². The lowest BCUT2D eigenvalue weighted by Gasteiger charge is -2.09. The van der Waals surface area contributed by atoms with E-state index in [1.807, 2.05) is 24.3 Å². The van der Waals surface area contributed by atoms with Crippen molar-refractivity contribution in [2.75, 3.05) is 24.6 Å². The maximum absolute atomic E-state index is 12.1. The third-order valence-electron chi connectivity index (χ3n) is 3.55. The van der Waals surface area contributed by atoms with Gasteiger partial charge < -0.3 is 10.1 Å². The van der Waals surface area contributed by atoms with Gasteiger partial charge in [-0.2, -0.15) is 0 Å². The summed E-state index contributed by atoms with van der Waals surface area (Å²) < 4.78 is 30.0. The maximum atomic E-state index is 12.1. The molecular weight excluding hydrogens is 340 g/mol. The van der Waals surface area contributed by atoms with E-state index >= 15 is 0 Å². The van der Waals surface area contributed by atoms with Gasteiger partial charge in [0.1, 0.15) is 5.75 Å². The van der Waals surface area contributed by atoms with Crippen molar-refractivity contribution in [1.82, 2.24) is 5.32 Å². The predicted octanol–water partition coefficient (Wildman–Crippen LogP) is 2.43. The highest BCUT2D eigenvalue weighted by molar-refractivity contribution is 7.92. The molecule has 25 heavy (non-hydrogen) atoms. The predicted molar refractivity (Wildman–Crippen MR) is 98.6 cm³/mol. The van der Waals surface area contributed by atoms with Crippen molar-refractivity contribution in [1.29, 1.82) is 0 Å². The first-order valence-electron chi connectivity index (χ1n) is 7.87. The summed E-state index contributed by atoms with van der Waals surface area (Å²) in [6, 6.07) is 14.1. The Bertz CT molecular complexity index is 817. The Labute approximate surface area is 148 Å². The van der Waals surface area contributed by atoms with Crippen LogP contribution in [0.3, 0.4) is 0 Å². The van der Waals surface area contributed by atoms with Crippen LogP contribution in [0.15, 0.2) is 48.5 Å². The number of hydrogen-bond acceptors (Lipinski definition) is 4. The molecule has 6 nitrogen and oxygen atoms in total. The summed E-state index contributed by atoms with van der Waals surface area (Å²) in [5.41, 5.74) is 2.02. The lowest BCUT2D eigenvalue weighted by molar-refractivity contribution is 0.0953. The number of rotatable bonds is 8. The molecule has 134 valence electrons. The summed E-state index contributed by atoms with van der Waals surface area (Å²) >= 11 is 0. The molecule has 0 saturated carbocycles. The van der Waals surface area contributed by atoms with E-state index in [1.165, 1.54) is 0 Å². The quantitative estimate of drug-likeness (QED) is 0.707. The third kappa shape index (κ3) is 6.11. The molecule has 0 aliphatic rings. The molecule has 2 aromatic rings. The summed E-state index contributed by atoms with van der Waals surface area (Å²) in [5.74, 6) is 0.661. The molecule has 0 aliphatic heterocycles. The summed E-state index contributed by atoms with van der Waals surface area (Å²) in [4.78, 5) is 12.1. The van der Waals surface area contributed by atoms with Gasteiger partial charge in [-0.3, -0.25) is 9.52 Å². The Morgan fingerprint density at radius 2 is 1.76 bits per heavy atom. The van der Waals surface area contributed by atoms with Crippen LogP contribution < -0.4 is 14.8 Å². The number of aryl methyl sites for hydroxylation is 1. The van der Waals surface area contributed by atoms with Crippen LogP contribution in [-0.4, -0.2) is 34.2 Å². The van der Waals surface area contributed by atoms with Crippen molar-refractivity contribution < 1.29 is 17.9 Å². The fourth-order valence-electron chi connectivity index (χ4n) is 2.40. The van der Waals surface area contributed by atoms with Gasteiger partial charge in [-0.15, -0.1) is 0 Å². The Morgan fingerprint density at radius 1 is 1.08 bits per heavy atom. The standard InChI is InChI=1S/C18H22N2O4S/c1-24-17-8-4-3-6-14(17)7-5-13-19-18(21)15-9-11-16(12-10-15)20-25(2,22)23/h3-4,6,8-12,20H,5,7,13H2,1-2H3,(H,19,21). The summed E-state index contributed by atoms with van der Waals surface area (Å²) in [6.45, 7) is 0.542. The van der Waals surface area contributed by atoms with Gasteiger partial charge >= 0.3 is 0 Å². The number of amides is 1. The Morgan fingerprint density at radius 3 is 2.40 bits per heavy atom. The minimum atomic E-state index is -3.32. The Kier molecular flexibility index (Phi) is 6.41. The smallest absolute Gasteiger partial charge is 0.251 e. The zero-order valence-electron chi connectivity index (χ0n) is 14.3. The number of ether oxygens (including phenoxy) is 1. The average Bonchev–Trinajstić information content (AvgIpc) is 2.58. The molecule has 0 fully saturated rings. The van der Waals surface area contributed by atoms with Crippen LogP contribution in [0.5, 0.6) is 5.75 Å². The van der Waals surface area contributed by atoms with Crippen LogP contribution in [0.4, 0.5) is 5.69 Å². The van der Waals surface area contributed by atoms with Crippen LogP contribution in [-0.2, 0) is 16.4 Å². The van der Waals surface area contributed by atoms with E-state index in [4.69, 9.17) is 4.74 Å². The lowest BCUT2D eigenvalue weighted by Crippen LogP contribution is -2.24. The van der Waals surface area contributed by atoms with E-state index in [0.717, 1.165) is 30.4 Å². The molecule has 0 spiro atoms. The summed E-state index contributed by atoms with van der Waals surface area (Å²) in [5, 5.41) is 2.86. The number of benzene rings is 2. The number of para-hydroxylation sites is 1. The van der Waals surface area contributed by atoms with Crippen molar-refractivity contribution in [2.45, 2.75) is 12.8 Å². The van der Waals surface area contributed by atoms with Crippen LogP contribution in [0.1, 0.15) is 22.3 Å². The second-order valence-corrected chi connectivity index (χ2v) is 7.37. The molecule has 7 heteroatoms. The number of carbonyl (C=O) groups excluding carboxylic acids is 1. The fraction of sp³-hybridized carbons (Fsp3) is 0.278. The average molecular weight is 362 g/mol. The van der Waals surface area contributed by atoms with Gasteiger partial charge in [0.15, 0.2) is 0 Å². The molecule has 0 heterocycles. The van der Waals surface area contributed by atoms with E-state index in [2.05, 4.69) is 10.0 Å². The lowest BCUT2D eigenvalue weighted by atomic mass is 10.1. The summed E-state index contributed by atoms with van der Waals surface area (Å²) in [6.07, 6.45) is 2.68. The molecule has 1 amide bonds. The van der Waals surface area contributed by atoms with Crippen LogP contribution in [0.2, 0.25) is 0 Å². The van der Waals surface area contributed by atoms with E-state index in [1.54, 1.807) is 31.4 Å². The third-order valence-corrected chi connectivity index (χ3v) is 4.16. The van der Waals surface area contributed by atoms with Gasteiger partial charge in [0, 0.05) is 17.8 Å². The van der Waals surface area contributed by atoms with E-state index < -0.39 is 10.0 Å². The van der Waals surface area contributed by atoms with Crippen molar-refractivity contribution in [3.05, 3.63) is 59.7 Å². The molecule has 0 radical (unpaired) electrons. The van der Waals surface area contributed by atoms with Gasteiger partial charge in [0.05, 0.1) is 13.4 Å². The highest BCUT2D eigenvalue weighted by Crippen LogP contribution is 2.18. The van der Waals surface area contributed by atoms with E-state index in [9.17, 15) is 13.2 Å². The zero-order valence-corrected chi connectivity index (χ0v) is 15.1. The van der Waals surface area contributed by atoms with Gasteiger partial charge in [0.25, 0.3) is 5.91 Å². The van der Waals surface area contributed by atoms with Gasteiger partial charge in [-0.05, 0) is 48.7 Å². The minimum Gasteiger partial charge on any atom is -0.496 e. The Balaban J connectivity index is 1.82. The highest BCUT2D eigenvalue weighted by Gasteiger charge is 2.07. The second-order valence-electron chi connectivity index (χ2n) is 5.62. The fourth-order valence-corrected chi connectivity index (χ4v) is 2.96. The van der Waals surface area contributed by atoms with Gasteiger partial charge in [-0.25, -0.2) is 8.42 Å². The number of carbonyl (C=O) groups is 1. The number of methoxy groups -OCH3 is 1. The molecule has 0 aliphatic carbocycles. The number of nitrogens with one attached hydrogen (secondary N) is 2. The first kappa shape index (κ1) is 18.8. The molecule has 2 aromatic carbocycles. The zero-order chi connectivity index (χ0) is 18.3. The summed E-state index contributed by atoms with van der Waals surface area (Å²) in [7, 11) is -1.68. The monoisotopic (exact) mass is 362 g/mol. The second kappa shape index (κ2) is 8.53. The maximum Gasteiger partial charge on any atom is 0.251 e. The molecule has 0 saturated heterocycles. The molecular formula is C18H22N2O4S. The minimum absolute atomic E-state index is 0.189. The number of sulfonamides is 1. The number of anilines is 1. The van der Waals surface area contributed by atoms with Crippen molar-refractivity contribution >= 4 is 21.6 Å². The van der Waals surface area contributed by atoms with Crippen molar-refractivity contribution in [2.24, 2.45) is 0 Å². The van der Waals surface area contributed by atoms with Gasteiger partial charge in [0.2, 0.25) is 10.0 Å². The normalized spacial score (nSPS) is 11.0. The Hall–Kier alpha value is -2.54. The molecule has 2 rings (SSSR count). The van der Waals surface area contributed by atoms with Crippen LogP contribution >= 0.6 is 0 Å². The molecule has 0 atom stereocenters. The molecule has 2 N–H and O–H groups in total. The van der Waals surface area contributed by atoms with Gasteiger partial charge in [-0.1, -0.05) is 18.2 Å². The van der Waals surface area contributed by atoms with Crippen molar-refractivity contribution in [3.63, 3.8) is 0 Å². The van der Waals surface area contributed by atoms with Crippen LogP contribution in [0, 0.1) is 0 Å². The highest BCUT2D eigenvalue weighted by atomic mass is 32.2. The number of hydrogen-bond donors (Lipinski definition) is 2. The first-order chi connectivity index (χ1) is 11.9. The largest absolute Gasteiger partial charge is 0.496 e. The molecule has 0 aromatic heterocycles. The SMILES string of the molecule is COc1ccccc1CCCNC(=O)c1ccc(NS(C)(=O)=O)cc1. The van der Waals surface area contributed by atoms with Crippen molar-refractivity contribution in [3.8, 4) is 5.75 Å².